The SMILES string of the molecule is CC1C=CC(c2cccc(N(c3ccc(-c4ccccc4)cc3)c3cc(C4=CC=CC(C)C4)ccc3-c3cccc4c3C3(c5ccccc5-c5ccccc53)c3ccccc3-4)c2)=CC1. The third-order valence-corrected chi connectivity index (χ3v) is 14.2. The molecular weight excluding hydrogens is 771 g/mol. The zero-order valence-electron chi connectivity index (χ0n) is 36.4. The Morgan fingerprint density at radius 2 is 1.03 bits per heavy atom. The molecule has 0 amide bonds. The molecule has 4 aliphatic carbocycles. The molecule has 1 nitrogen and oxygen atoms in total. The Hall–Kier alpha value is -7.48. The fraction of sp³-hybridized carbons (Fsp3) is 0.111. The van der Waals surface area contributed by atoms with Gasteiger partial charge in [0.1, 0.15) is 0 Å². The molecule has 8 aromatic carbocycles. The number of hydrogen-bond donors (Lipinski definition) is 0. The molecule has 0 bridgehead atoms. The maximum absolute atomic E-state index is 2.53. The first-order chi connectivity index (χ1) is 31.6. The van der Waals surface area contributed by atoms with E-state index in [-0.39, 0.29) is 0 Å². The largest absolute Gasteiger partial charge is 0.310 e. The van der Waals surface area contributed by atoms with Crippen molar-refractivity contribution < 1.29 is 0 Å². The second kappa shape index (κ2) is 15.4. The molecule has 306 valence electrons. The van der Waals surface area contributed by atoms with Crippen molar-refractivity contribution >= 4 is 28.2 Å². The molecule has 12 rings (SSSR count). The number of benzene rings is 8. The van der Waals surface area contributed by atoms with Gasteiger partial charge in [0.25, 0.3) is 0 Å². The van der Waals surface area contributed by atoms with E-state index in [1.807, 2.05) is 0 Å². The monoisotopic (exact) mass is 819 g/mol. The van der Waals surface area contributed by atoms with Gasteiger partial charge in [-0.2, -0.15) is 0 Å². The van der Waals surface area contributed by atoms with Gasteiger partial charge < -0.3 is 4.90 Å². The van der Waals surface area contributed by atoms with Crippen LogP contribution in [-0.2, 0) is 5.41 Å². The van der Waals surface area contributed by atoms with Crippen molar-refractivity contribution in [3.63, 3.8) is 0 Å². The molecule has 8 aromatic rings. The molecule has 0 radical (unpaired) electrons. The summed E-state index contributed by atoms with van der Waals surface area (Å²) in [6.45, 7) is 4.61. The summed E-state index contributed by atoms with van der Waals surface area (Å²) in [5, 5.41) is 0. The minimum absolute atomic E-state index is 0.472. The highest BCUT2D eigenvalue weighted by Crippen LogP contribution is 2.65. The van der Waals surface area contributed by atoms with E-state index < -0.39 is 5.41 Å². The quantitative estimate of drug-likeness (QED) is 0.155. The summed E-state index contributed by atoms with van der Waals surface area (Å²) in [5.41, 5.74) is 23.6. The average Bonchev–Trinajstić information content (AvgIpc) is 3.83. The van der Waals surface area contributed by atoms with Crippen LogP contribution in [0.4, 0.5) is 17.1 Å². The van der Waals surface area contributed by atoms with Crippen molar-refractivity contribution in [2.45, 2.75) is 32.1 Å². The normalized spacial score (nSPS) is 17.3. The number of anilines is 3. The molecule has 0 N–H and O–H groups in total. The first-order valence-electron chi connectivity index (χ1n) is 23.0. The molecule has 0 saturated carbocycles. The van der Waals surface area contributed by atoms with E-state index in [2.05, 4.69) is 243 Å². The Morgan fingerprint density at radius 1 is 0.453 bits per heavy atom. The highest BCUT2D eigenvalue weighted by Gasteiger charge is 2.52. The predicted molar refractivity (Wildman–Crippen MR) is 270 cm³/mol. The van der Waals surface area contributed by atoms with Crippen molar-refractivity contribution in [2.24, 2.45) is 11.8 Å². The van der Waals surface area contributed by atoms with E-state index in [4.69, 9.17) is 0 Å². The van der Waals surface area contributed by atoms with Crippen molar-refractivity contribution in [2.75, 3.05) is 4.90 Å². The lowest BCUT2D eigenvalue weighted by molar-refractivity contribution is 0.739. The molecule has 0 aromatic heterocycles. The van der Waals surface area contributed by atoms with Crippen LogP contribution in [0.25, 0.3) is 55.7 Å². The Labute approximate surface area is 377 Å². The number of nitrogens with zero attached hydrogens (tertiary/aromatic N) is 1. The number of hydrogen-bond acceptors (Lipinski definition) is 1. The van der Waals surface area contributed by atoms with Crippen molar-refractivity contribution in [3.05, 3.63) is 258 Å². The molecule has 2 atom stereocenters. The van der Waals surface area contributed by atoms with Gasteiger partial charge in [-0.3, -0.25) is 0 Å². The summed E-state index contributed by atoms with van der Waals surface area (Å²) in [5.74, 6) is 1.02. The van der Waals surface area contributed by atoms with Gasteiger partial charge in [-0.15, -0.1) is 0 Å². The summed E-state index contributed by atoms with van der Waals surface area (Å²) < 4.78 is 0. The minimum Gasteiger partial charge on any atom is -0.310 e. The van der Waals surface area contributed by atoms with Gasteiger partial charge in [0.05, 0.1) is 11.1 Å². The van der Waals surface area contributed by atoms with Crippen LogP contribution in [0.15, 0.2) is 225 Å². The minimum atomic E-state index is -0.489. The Kier molecular flexibility index (Phi) is 9.20. The van der Waals surface area contributed by atoms with Crippen molar-refractivity contribution in [1.29, 1.82) is 0 Å². The van der Waals surface area contributed by atoms with Crippen LogP contribution >= 0.6 is 0 Å². The first kappa shape index (κ1) is 38.2. The second-order valence-electron chi connectivity index (χ2n) is 18.1. The van der Waals surface area contributed by atoms with Gasteiger partial charge in [-0.25, -0.2) is 0 Å². The zero-order valence-corrected chi connectivity index (χ0v) is 36.4. The van der Waals surface area contributed by atoms with E-state index in [0.29, 0.717) is 11.8 Å². The first-order valence-corrected chi connectivity index (χ1v) is 23.0. The highest BCUT2D eigenvalue weighted by molar-refractivity contribution is 6.01. The van der Waals surface area contributed by atoms with Gasteiger partial charge in [0, 0.05) is 16.9 Å². The predicted octanol–water partition coefficient (Wildman–Crippen LogP) is 16.8. The average molecular weight is 820 g/mol. The Balaban J connectivity index is 1.15. The van der Waals surface area contributed by atoms with Crippen LogP contribution in [0.2, 0.25) is 0 Å². The van der Waals surface area contributed by atoms with Crippen LogP contribution < -0.4 is 4.90 Å². The summed E-state index contributed by atoms with van der Waals surface area (Å²) in [4.78, 5) is 2.53. The molecule has 64 heavy (non-hydrogen) atoms. The van der Waals surface area contributed by atoms with Crippen LogP contribution in [-0.4, -0.2) is 0 Å². The summed E-state index contributed by atoms with van der Waals surface area (Å²) in [6.07, 6.45) is 16.0. The van der Waals surface area contributed by atoms with Gasteiger partial charge in [-0.05, 0) is 138 Å². The smallest absolute Gasteiger partial charge is 0.0731 e. The van der Waals surface area contributed by atoms with Crippen LogP contribution in [0.5, 0.6) is 0 Å². The summed E-state index contributed by atoms with van der Waals surface area (Å²) >= 11 is 0. The summed E-state index contributed by atoms with van der Waals surface area (Å²) in [7, 11) is 0. The van der Waals surface area contributed by atoms with Crippen LogP contribution in [0.1, 0.15) is 60.1 Å². The van der Waals surface area contributed by atoms with E-state index >= 15 is 0 Å². The third-order valence-electron chi connectivity index (χ3n) is 14.2. The van der Waals surface area contributed by atoms with E-state index in [9.17, 15) is 0 Å². The molecule has 4 aliphatic rings. The lowest BCUT2D eigenvalue weighted by atomic mass is 9.68. The molecule has 0 aliphatic heterocycles. The molecule has 1 spiro atoms. The lowest BCUT2D eigenvalue weighted by Crippen LogP contribution is -2.26. The maximum atomic E-state index is 2.53. The molecular formula is C63H49N. The van der Waals surface area contributed by atoms with Crippen molar-refractivity contribution in [3.8, 4) is 44.5 Å². The van der Waals surface area contributed by atoms with Crippen molar-refractivity contribution in [1.82, 2.24) is 0 Å². The number of fused-ring (bicyclic) bond motifs is 10. The zero-order chi connectivity index (χ0) is 42.8. The molecule has 2 unspecified atom stereocenters. The molecule has 0 heterocycles. The molecule has 0 saturated heterocycles. The Bertz CT molecular complexity index is 3180. The molecule has 1 heteroatoms. The third kappa shape index (κ3) is 6.06. The number of rotatable bonds is 7. The van der Waals surface area contributed by atoms with Gasteiger partial charge in [0.15, 0.2) is 0 Å². The fourth-order valence-electron chi connectivity index (χ4n) is 11.2. The molecule has 0 fully saturated rings. The van der Waals surface area contributed by atoms with Gasteiger partial charge in [0.2, 0.25) is 0 Å². The highest BCUT2D eigenvalue weighted by atomic mass is 15.1. The standard InChI is InChI=1S/C63H49N/c1-42-29-31-46(32-30-42)48-19-13-20-51(40-48)64(50-36-33-45(34-37-50)44-16-4-3-5-17-44)61-41-49(47-18-12-15-43(2)39-47)35-38-55(61)57-25-14-24-56-54-23-8-11-28-60(54)63(62(56)57)58-26-9-6-21-52(58)53-22-7-10-27-59(53)63/h3-29,31-38,40-43H,30,39H2,1-2H3. The maximum Gasteiger partial charge on any atom is 0.0731 e. The van der Waals surface area contributed by atoms with Gasteiger partial charge >= 0.3 is 0 Å². The Morgan fingerprint density at radius 3 is 1.70 bits per heavy atom. The van der Waals surface area contributed by atoms with E-state index in [1.165, 1.54) is 89.0 Å². The van der Waals surface area contributed by atoms with E-state index in [1.54, 1.807) is 0 Å². The van der Waals surface area contributed by atoms with Crippen LogP contribution in [0, 0.1) is 11.8 Å². The number of allylic oxidation sites excluding steroid dienone is 8. The second-order valence-corrected chi connectivity index (χ2v) is 18.1. The fourth-order valence-corrected chi connectivity index (χ4v) is 11.2. The van der Waals surface area contributed by atoms with Gasteiger partial charge in [-0.1, -0.05) is 208 Å². The van der Waals surface area contributed by atoms with E-state index in [0.717, 1.165) is 29.9 Å². The topological polar surface area (TPSA) is 3.24 Å². The lowest BCUT2D eigenvalue weighted by Gasteiger charge is -2.34. The van der Waals surface area contributed by atoms with Crippen LogP contribution in [0.3, 0.4) is 0 Å². The summed E-state index contributed by atoms with van der Waals surface area (Å²) in [6, 6.07) is 70.9.